The first-order valence-corrected chi connectivity index (χ1v) is 13.0. The molecule has 0 radical (unpaired) electrons. The lowest BCUT2D eigenvalue weighted by atomic mass is 10.0. The van der Waals surface area contributed by atoms with E-state index in [0.29, 0.717) is 11.1 Å². The monoisotopic (exact) mass is 518 g/mol. The summed E-state index contributed by atoms with van der Waals surface area (Å²) in [7, 11) is -4.05. The Morgan fingerprint density at radius 1 is 0.972 bits per heavy atom. The molecule has 0 aliphatic carbocycles. The van der Waals surface area contributed by atoms with Gasteiger partial charge in [0.25, 0.3) is 5.91 Å². The Labute approximate surface area is 206 Å². The Bertz CT molecular complexity index is 1390. The van der Waals surface area contributed by atoms with E-state index in [1.807, 2.05) is 0 Å². The highest BCUT2D eigenvalue weighted by Crippen LogP contribution is 2.33. The van der Waals surface area contributed by atoms with Gasteiger partial charge >= 0.3 is 0 Å². The van der Waals surface area contributed by atoms with Crippen molar-refractivity contribution in [3.8, 4) is 0 Å². The molecule has 2 aromatic rings. The first kappa shape index (κ1) is 24.3. The van der Waals surface area contributed by atoms with E-state index in [1.165, 1.54) is 27.4 Å². The largest absolute Gasteiger partial charge is 0.367 e. The number of sulfonamides is 1. The van der Waals surface area contributed by atoms with Gasteiger partial charge in [0.1, 0.15) is 22.6 Å². The molecule has 5 rings (SSSR count). The van der Waals surface area contributed by atoms with Crippen molar-refractivity contribution in [2.45, 2.75) is 37.2 Å². The first-order chi connectivity index (χ1) is 17.1. The molecule has 3 aliphatic rings. The van der Waals surface area contributed by atoms with Crippen LogP contribution >= 0.6 is 0 Å². The predicted octanol–water partition coefficient (Wildman–Crippen LogP) is 1.55. The van der Waals surface area contributed by atoms with E-state index in [0.717, 1.165) is 6.07 Å². The number of piperidine rings is 1. The van der Waals surface area contributed by atoms with Crippen molar-refractivity contribution in [2.75, 3.05) is 31.1 Å². The number of benzene rings is 2. The molecule has 0 bridgehead atoms. The highest BCUT2D eigenvalue weighted by atomic mass is 32.2. The van der Waals surface area contributed by atoms with Crippen molar-refractivity contribution in [3.05, 3.63) is 58.7 Å². The molecule has 0 aromatic heterocycles. The van der Waals surface area contributed by atoms with E-state index in [9.17, 15) is 27.2 Å². The van der Waals surface area contributed by atoms with Gasteiger partial charge in [0.15, 0.2) is 0 Å². The molecule has 0 saturated carbocycles. The summed E-state index contributed by atoms with van der Waals surface area (Å²) >= 11 is 0. The highest BCUT2D eigenvalue weighted by Gasteiger charge is 2.40. The van der Waals surface area contributed by atoms with E-state index in [4.69, 9.17) is 0 Å². The van der Waals surface area contributed by atoms with Crippen LogP contribution in [0.25, 0.3) is 0 Å². The minimum atomic E-state index is -4.05. The molecule has 3 aliphatic heterocycles. The van der Waals surface area contributed by atoms with E-state index < -0.39 is 44.4 Å². The number of fused-ring (bicyclic) bond motifs is 1. The number of carbonyl (C=O) groups is 3. The van der Waals surface area contributed by atoms with E-state index in [2.05, 4.69) is 5.32 Å². The summed E-state index contributed by atoms with van der Waals surface area (Å²) in [5, 5.41) is 2.23. The van der Waals surface area contributed by atoms with Crippen molar-refractivity contribution in [2.24, 2.45) is 0 Å². The van der Waals surface area contributed by atoms with E-state index in [-0.39, 0.29) is 62.7 Å². The summed E-state index contributed by atoms with van der Waals surface area (Å²) in [5.41, 5.74) is 1.55. The molecule has 3 heterocycles. The molecular formula is C24H24F2N4O5S. The fraction of sp³-hybridized carbons (Fsp3) is 0.375. The van der Waals surface area contributed by atoms with Crippen molar-refractivity contribution >= 4 is 33.4 Å². The molecule has 12 heteroatoms. The maximum absolute atomic E-state index is 15.1. The van der Waals surface area contributed by atoms with Gasteiger partial charge in [-0.2, -0.15) is 4.31 Å². The van der Waals surface area contributed by atoms with Gasteiger partial charge in [-0.05, 0) is 48.7 Å². The number of nitrogens with zero attached hydrogens (tertiary/aromatic N) is 3. The zero-order valence-corrected chi connectivity index (χ0v) is 20.3. The van der Waals surface area contributed by atoms with Crippen LogP contribution in [0, 0.1) is 18.6 Å². The molecule has 36 heavy (non-hydrogen) atoms. The van der Waals surface area contributed by atoms with Gasteiger partial charge in [0, 0.05) is 44.7 Å². The second-order valence-electron chi connectivity index (χ2n) is 9.19. The zero-order chi connectivity index (χ0) is 25.8. The number of anilines is 1. The zero-order valence-electron chi connectivity index (χ0n) is 19.5. The fourth-order valence-corrected chi connectivity index (χ4v) is 6.41. The van der Waals surface area contributed by atoms with E-state index in [1.54, 1.807) is 17.9 Å². The van der Waals surface area contributed by atoms with Crippen molar-refractivity contribution < 1.29 is 31.6 Å². The maximum atomic E-state index is 15.1. The molecule has 9 nitrogen and oxygen atoms in total. The van der Waals surface area contributed by atoms with Crippen LogP contribution in [0.4, 0.5) is 14.5 Å². The average Bonchev–Trinajstić information content (AvgIpc) is 3.13. The molecule has 2 saturated heterocycles. The van der Waals surface area contributed by atoms with Gasteiger partial charge in [0.05, 0.1) is 5.69 Å². The first-order valence-electron chi connectivity index (χ1n) is 11.5. The van der Waals surface area contributed by atoms with Gasteiger partial charge in [0.2, 0.25) is 21.8 Å². The lowest BCUT2D eigenvalue weighted by Crippen LogP contribution is -2.52. The third-order valence-electron chi connectivity index (χ3n) is 6.88. The Balaban J connectivity index is 1.32. The third-order valence-corrected chi connectivity index (χ3v) is 8.81. The van der Waals surface area contributed by atoms with Gasteiger partial charge in [-0.3, -0.25) is 19.7 Å². The lowest BCUT2D eigenvalue weighted by Gasteiger charge is -2.35. The normalized spacial score (nSPS) is 21.1. The lowest BCUT2D eigenvalue weighted by molar-refractivity contribution is -0.136. The number of hydrogen-bond acceptors (Lipinski definition) is 6. The van der Waals surface area contributed by atoms with Gasteiger partial charge < -0.3 is 9.80 Å². The second kappa shape index (κ2) is 8.93. The van der Waals surface area contributed by atoms with Gasteiger partial charge in [-0.1, -0.05) is 6.07 Å². The number of hydrogen-bond donors (Lipinski definition) is 1. The Kier molecular flexibility index (Phi) is 6.03. The van der Waals surface area contributed by atoms with Crippen LogP contribution in [-0.2, 0) is 26.2 Å². The molecule has 1 N–H and O–H groups in total. The quantitative estimate of drug-likeness (QED) is 0.616. The number of rotatable bonds is 4. The van der Waals surface area contributed by atoms with Crippen LogP contribution in [0.5, 0.6) is 0 Å². The number of amides is 3. The summed E-state index contributed by atoms with van der Waals surface area (Å²) in [6, 6.07) is 5.85. The number of aryl methyl sites for hydroxylation is 1. The van der Waals surface area contributed by atoms with E-state index >= 15 is 4.39 Å². The molecule has 1 unspecified atom stereocenters. The van der Waals surface area contributed by atoms with Crippen LogP contribution in [-0.4, -0.2) is 67.6 Å². The highest BCUT2D eigenvalue weighted by molar-refractivity contribution is 7.89. The summed E-state index contributed by atoms with van der Waals surface area (Å²) in [6.07, 6.45) is 0.327. The summed E-state index contributed by atoms with van der Waals surface area (Å²) in [4.78, 5) is 39.2. The molecule has 2 aromatic carbocycles. The molecular weight excluding hydrogens is 494 g/mol. The van der Waals surface area contributed by atoms with Crippen LogP contribution in [0.1, 0.15) is 34.3 Å². The minimum absolute atomic E-state index is 0.0352. The van der Waals surface area contributed by atoms with Crippen LogP contribution in [0.15, 0.2) is 35.2 Å². The Morgan fingerprint density at radius 2 is 1.69 bits per heavy atom. The molecule has 3 amide bonds. The fourth-order valence-electron chi connectivity index (χ4n) is 4.94. The predicted molar refractivity (Wildman–Crippen MR) is 125 cm³/mol. The van der Waals surface area contributed by atoms with Crippen LogP contribution < -0.4 is 10.2 Å². The number of halogens is 2. The van der Waals surface area contributed by atoms with Crippen molar-refractivity contribution in [1.29, 1.82) is 0 Å². The smallest absolute Gasteiger partial charge is 0.255 e. The van der Waals surface area contributed by atoms with Gasteiger partial charge in [-0.25, -0.2) is 17.2 Å². The molecule has 0 spiro atoms. The van der Waals surface area contributed by atoms with Crippen molar-refractivity contribution in [3.63, 3.8) is 0 Å². The van der Waals surface area contributed by atoms with Crippen LogP contribution in [0.3, 0.4) is 0 Å². The maximum Gasteiger partial charge on any atom is 0.255 e. The third kappa shape index (κ3) is 4.13. The number of carbonyl (C=O) groups excluding carboxylic acids is 3. The number of nitrogens with one attached hydrogen (secondary N) is 1. The molecule has 190 valence electrons. The summed E-state index contributed by atoms with van der Waals surface area (Å²) in [5.74, 6) is -2.85. The second-order valence-corrected chi connectivity index (χ2v) is 11.1. The van der Waals surface area contributed by atoms with Crippen LogP contribution in [0.2, 0.25) is 0 Å². The average molecular weight is 519 g/mol. The summed E-state index contributed by atoms with van der Waals surface area (Å²) < 4.78 is 56.5. The minimum Gasteiger partial charge on any atom is -0.367 e. The number of piperazine rings is 1. The SMILES string of the molecule is Cc1ccc(S(=O)(=O)N2CCN(c3cc4c(cc3F)C(=O)N(C3CCC(=O)NC3=O)C4)CC2)c(F)c1. The van der Waals surface area contributed by atoms with Gasteiger partial charge in [-0.15, -0.1) is 0 Å². The topological polar surface area (TPSA) is 107 Å². The Morgan fingerprint density at radius 3 is 2.36 bits per heavy atom. The Hall–Kier alpha value is -3.38. The molecule has 1 atom stereocenters. The van der Waals surface area contributed by atoms with Crippen molar-refractivity contribution in [1.82, 2.24) is 14.5 Å². The summed E-state index contributed by atoms with van der Waals surface area (Å²) in [6.45, 7) is 2.19. The number of imide groups is 1. The molecule has 2 fully saturated rings. The standard InChI is InChI=1S/C24H24F2N4O5S/c1-14-2-4-21(18(26)10-14)36(34,35)29-8-6-28(7-9-29)20-11-15-13-30(24(33)16(15)12-17(20)25)19-3-5-22(31)27-23(19)32/h2,4,10-12,19H,3,5-9,13H2,1H3,(H,27,31,32).